The third kappa shape index (κ3) is 5.64. The summed E-state index contributed by atoms with van der Waals surface area (Å²) >= 11 is 0. The smallest absolute Gasteiger partial charge is 0.320 e. The van der Waals surface area contributed by atoms with Crippen molar-refractivity contribution >= 4 is 21.9 Å². The summed E-state index contributed by atoms with van der Waals surface area (Å²) in [5.74, 6) is -0.457. The molecule has 8 nitrogen and oxygen atoms in total. The maximum Gasteiger partial charge on any atom is 0.320 e. The Morgan fingerprint density at radius 3 is 2.39 bits per heavy atom. The zero-order valence-corrected chi connectivity index (χ0v) is 19.5. The summed E-state index contributed by atoms with van der Waals surface area (Å²) < 4.78 is 32.6. The van der Waals surface area contributed by atoms with Gasteiger partial charge in [0.05, 0.1) is 24.6 Å². The van der Waals surface area contributed by atoms with Crippen LogP contribution in [0.2, 0.25) is 0 Å². The summed E-state index contributed by atoms with van der Waals surface area (Å²) in [4.78, 5) is 28.4. The third-order valence-corrected chi connectivity index (χ3v) is 7.90. The van der Waals surface area contributed by atoms with E-state index >= 15 is 0 Å². The number of ether oxygens (including phenoxy) is 1. The molecule has 1 aliphatic carbocycles. The van der Waals surface area contributed by atoms with E-state index in [1.165, 1.54) is 9.87 Å². The normalized spacial score (nSPS) is 17.3. The minimum absolute atomic E-state index is 0.00910. The highest BCUT2D eigenvalue weighted by molar-refractivity contribution is 7.89. The Morgan fingerprint density at radius 1 is 1.06 bits per heavy atom. The van der Waals surface area contributed by atoms with Crippen LogP contribution in [0.25, 0.3) is 0 Å². The second kappa shape index (κ2) is 10.1. The van der Waals surface area contributed by atoms with Gasteiger partial charge < -0.3 is 9.64 Å². The maximum atomic E-state index is 13.1. The van der Waals surface area contributed by atoms with Crippen molar-refractivity contribution in [2.75, 3.05) is 45.9 Å². The lowest BCUT2D eigenvalue weighted by Crippen LogP contribution is -2.53. The van der Waals surface area contributed by atoms with Crippen molar-refractivity contribution in [3.05, 3.63) is 29.3 Å². The topological polar surface area (TPSA) is 87.2 Å². The molecule has 1 saturated heterocycles. The van der Waals surface area contributed by atoms with Gasteiger partial charge in [0, 0.05) is 32.2 Å². The number of amides is 1. The number of carbonyl (C=O) groups is 2. The monoisotopic (exact) mass is 451 g/mol. The Hall–Kier alpha value is -1.97. The number of hydrogen-bond donors (Lipinski definition) is 0. The molecule has 1 aromatic rings. The van der Waals surface area contributed by atoms with Gasteiger partial charge in [0.15, 0.2) is 0 Å². The van der Waals surface area contributed by atoms with Crippen molar-refractivity contribution in [1.29, 1.82) is 0 Å². The minimum atomic E-state index is -3.57. The van der Waals surface area contributed by atoms with E-state index in [0.717, 1.165) is 24.8 Å². The highest BCUT2D eigenvalue weighted by Crippen LogP contribution is 2.26. The molecule has 3 rings (SSSR count). The first-order chi connectivity index (χ1) is 14.7. The molecule has 1 heterocycles. The van der Waals surface area contributed by atoms with Gasteiger partial charge in [-0.2, -0.15) is 4.31 Å². The lowest BCUT2D eigenvalue weighted by Gasteiger charge is -2.35. The average Bonchev–Trinajstić information content (AvgIpc) is 3.21. The number of hydrogen-bond acceptors (Lipinski definition) is 6. The van der Waals surface area contributed by atoms with Gasteiger partial charge in [-0.05, 0) is 63.3 Å². The number of esters is 1. The Bertz CT molecular complexity index is 908. The fraction of sp³-hybridized carbons (Fsp3) is 0.636. The van der Waals surface area contributed by atoms with Crippen molar-refractivity contribution in [1.82, 2.24) is 14.1 Å². The molecular formula is C22H33N3O5S. The van der Waals surface area contributed by atoms with Crippen LogP contribution < -0.4 is 0 Å². The number of piperazine rings is 1. The first-order valence-corrected chi connectivity index (χ1v) is 12.5. The Balaban J connectivity index is 1.58. The third-order valence-electron chi connectivity index (χ3n) is 6.01. The van der Waals surface area contributed by atoms with Crippen LogP contribution in [0, 0.1) is 0 Å². The van der Waals surface area contributed by atoms with Crippen LogP contribution in [0.15, 0.2) is 23.1 Å². The number of carbonyl (C=O) groups excluding carboxylic acids is 2. The van der Waals surface area contributed by atoms with Crippen LogP contribution in [-0.2, 0) is 37.2 Å². The molecule has 1 amide bonds. The van der Waals surface area contributed by atoms with Gasteiger partial charge in [-0.1, -0.05) is 6.07 Å². The number of nitrogens with zero attached hydrogens (tertiary/aromatic N) is 3. The Morgan fingerprint density at radius 2 is 1.74 bits per heavy atom. The molecule has 0 atom stereocenters. The molecule has 0 unspecified atom stereocenters. The van der Waals surface area contributed by atoms with Gasteiger partial charge in [0.1, 0.15) is 0 Å². The van der Waals surface area contributed by atoms with Crippen LogP contribution in [0.3, 0.4) is 0 Å². The summed E-state index contributed by atoms with van der Waals surface area (Å²) in [5, 5.41) is 0. The molecule has 9 heteroatoms. The minimum Gasteiger partial charge on any atom is -0.465 e. The second-order valence-electron chi connectivity index (χ2n) is 8.37. The van der Waals surface area contributed by atoms with Gasteiger partial charge >= 0.3 is 5.97 Å². The highest BCUT2D eigenvalue weighted by atomic mass is 32.2. The van der Waals surface area contributed by atoms with Crippen LogP contribution in [0.1, 0.15) is 38.3 Å². The zero-order valence-electron chi connectivity index (χ0n) is 18.7. The van der Waals surface area contributed by atoms with Crippen LogP contribution in [0.4, 0.5) is 0 Å². The molecule has 2 aliphatic rings. The SMILES string of the molecule is CCOC(=O)CN(CC(=O)N1CCN(S(=O)(=O)c2ccc3c(c2)CCC3)CC1)C(C)C. The van der Waals surface area contributed by atoms with Gasteiger partial charge in [-0.25, -0.2) is 8.42 Å². The number of rotatable bonds is 8. The molecule has 0 spiro atoms. The summed E-state index contributed by atoms with van der Waals surface area (Å²) in [7, 11) is -3.57. The quantitative estimate of drug-likeness (QED) is 0.554. The summed E-state index contributed by atoms with van der Waals surface area (Å²) in [6.45, 7) is 7.29. The fourth-order valence-corrected chi connectivity index (χ4v) is 5.58. The van der Waals surface area contributed by atoms with Crippen LogP contribution in [0.5, 0.6) is 0 Å². The van der Waals surface area contributed by atoms with Gasteiger partial charge in [-0.3, -0.25) is 14.5 Å². The number of benzene rings is 1. The zero-order chi connectivity index (χ0) is 22.6. The fourth-order valence-electron chi connectivity index (χ4n) is 4.10. The predicted molar refractivity (Wildman–Crippen MR) is 117 cm³/mol. The first-order valence-electron chi connectivity index (χ1n) is 11.0. The van der Waals surface area contributed by atoms with E-state index in [1.807, 2.05) is 26.0 Å². The average molecular weight is 452 g/mol. The molecule has 0 saturated carbocycles. The van der Waals surface area contributed by atoms with E-state index in [1.54, 1.807) is 22.8 Å². The molecule has 1 fully saturated rings. The first kappa shape index (κ1) is 23.7. The van der Waals surface area contributed by atoms with E-state index < -0.39 is 10.0 Å². The summed E-state index contributed by atoms with van der Waals surface area (Å²) in [6, 6.07) is 5.45. The van der Waals surface area contributed by atoms with Crippen LogP contribution >= 0.6 is 0 Å². The van der Waals surface area contributed by atoms with Gasteiger partial charge in [0.25, 0.3) is 0 Å². The largest absolute Gasteiger partial charge is 0.465 e. The van der Waals surface area contributed by atoms with E-state index in [4.69, 9.17) is 4.74 Å². The molecule has 0 bridgehead atoms. The van der Waals surface area contributed by atoms with Crippen molar-refractivity contribution < 1.29 is 22.7 Å². The maximum absolute atomic E-state index is 13.1. The molecular weight excluding hydrogens is 418 g/mol. The standard InChI is InChI=1S/C22H33N3O5S/c1-4-30-22(27)16-24(17(2)3)15-21(26)23-10-12-25(13-11-23)31(28,29)20-9-8-18-6-5-7-19(18)14-20/h8-9,14,17H,4-7,10-13,15-16H2,1-3H3. The highest BCUT2D eigenvalue weighted by Gasteiger charge is 2.31. The number of fused-ring (bicyclic) bond motifs is 1. The molecule has 31 heavy (non-hydrogen) atoms. The van der Waals surface area contributed by atoms with E-state index in [0.29, 0.717) is 24.6 Å². The molecule has 0 aromatic heterocycles. The summed E-state index contributed by atoms with van der Waals surface area (Å²) in [6.07, 6.45) is 3.02. The number of sulfonamides is 1. The van der Waals surface area contributed by atoms with Crippen molar-refractivity contribution in [3.63, 3.8) is 0 Å². The molecule has 0 N–H and O–H groups in total. The van der Waals surface area contributed by atoms with Gasteiger partial charge in [-0.15, -0.1) is 0 Å². The van der Waals surface area contributed by atoms with E-state index in [2.05, 4.69) is 0 Å². The lowest BCUT2D eigenvalue weighted by atomic mass is 10.1. The lowest BCUT2D eigenvalue weighted by molar-refractivity contribution is -0.146. The molecule has 1 aromatic carbocycles. The summed E-state index contributed by atoms with van der Waals surface area (Å²) in [5.41, 5.74) is 2.37. The van der Waals surface area contributed by atoms with Crippen molar-refractivity contribution in [3.8, 4) is 0 Å². The second-order valence-corrected chi connectivity index (χ2v) is 10.3. The van der Waals surface area contributed by atoms with Crippen molar-refractivity contribution in [2.45, 2.75) is 51.0 Å². The Kier molecular flexibility index (Phi) is 7.72. The Labute approximate surface area is 185 Å². The molecule has 1 aliphatic heterocycles. The van der Waals surface area contributed by atoms with Crippen LogP contribution in [-0.4, -0.2) is 86.3 Å². The van der Waals surface area contributed by atoms with Gasteiger partial charge in [0.2, 0.25) is 15.9 Å². The van der Waals surface area contributed by atoms with Crippen molar-refractivity contribution in [2.24, 2.45) is 0 Å². The predicted octanol–water partition coefficient (Wildman–Crippen LogP) is 1.28. The van der Waals surface area contributed by atoms with E-state index in [-0.39, 0.29) is 44.1 Å². The molecule has 0 radical (unpaired) electrons. The molecule has 172 valence electrons. The van der Waals surface area contributed by atoms with E-state index in [9.17, 15) is 18.0 Å². The number of aryl methyl sites for hydroxylation is 2.